The highest BCUT2D eigenvalue weighted by atomic mass is 32.2. The molecule has 116 valence electrons. The highest BCUT2D eigenvalue weighted by molar-refractivity contribution is 8.16. The summed E-state index contributed by atoms with van der Waals surface area (Å²) in [6.07, 6.45) is 4.55. The molecule has 21 heavy (non-hydrogen) atoms. The van der Waals surface area contributed by atoms with Gasteiger partial charge in [-0.15, -0.1) is 0 Å². The van der Waals surface area contributed by atoms with Gasteiger partial charge < -0.3 is 10.1 Å². The molecule has 0 bridgehead atoms. The minimum atomic E-state index is -0.579. The van der Waals surface area contributed by atoms with Crippen LogP contribution in [0.15, 0.2) is 35.6 Å². The maximum atomic E-state index is 12.0. The number of hydrogen-bond donors (Lipinski definition) is 1. The van der Waals surface area contributed by atoms with E-state index < -0.39 is 4.75 Å². The van der Waals surface area contributed by atoms with Crippen molar-refractivity contribution in [3.63, 3.8) is 0 Å². The van der Waals surface area contributed by atoms with Crippen LogP contribution in [0.25, 0.3) is 0 Å². The van der Waals surface area contributed by atoms with Gasteiger partial charge >= 0.3 is 0 Å². The van der Waals surface area contributed by atoms with Crippen LogP contribution >= 0.6 is 11.8 Å². The molecular weight excluding hydrogens is 286 g/mol. The van der Waals surface area contributed by atoms with E-state index in [1.54, 1.807) is 13.0 Å². The van der Waals surface area contributed by atoms with Crippen LogP contribution in [0, 0.1) is 0 Å². The first kappa shape index (κ1) is 17.6. The summed E-state index contributed by atoms with van der Waals surface area (Å²) in [6, 6.07) is 0. The van der Waals surface area contributed by atoms with Crippen molar-refractivity contribution in [2.75, 3.05) is 13.2 Å². The number of thioether (sulfide) groups is 1. The van der Waals surface area contributed by atoms with E-state index in [0.717, 1.165) is 12.0 Å². The van der Waals surface area contributed by atoms with Crippen molar-refractivity contribution >= 4 is 22.8 Å². The van der Waals surface area contributed by atoms with Crippen molar-refractivity contribution in [2.24, 2.45) is 0 Å². The summed E-state index contributed by atoms with van der Waals surface area (Å²) in [6.45, 7) is 11.8. The van der Waals surface area contributed by atoms with Crippen molar-refractivity contribution in [3.8, 4) is 0 Å². The number of carbonyl (C=O) groups is 2. The molecule has 1 aliphatic heterocycles. The molecule has 0 aromatic rings. The molecule has 0 aromatic carbocycles. The fourth-order valence-electron chi connectivity index (χ4n) is 2.07. The molecule has 0 aromatic heterocycles. The van der Waals surface area contributed by atoms with Crippen LogP contribution in [-0.4, -0.2) is 28.9 Å². The summed E-state index contributed by atoms with van der Waals surface area (Å²) in [5.41, 5.74) is 1.53. The topological polar surface area (TPSA) is 55.4 Å². The Morgan fingerprint density at radius 2 is 2.19 bits per heavy atom. The largest absolute Gasteiger partial charge is 0.486 e. The van der Waals surface area contributed by atoms with Gasteiger partial charge in [0.25, 0.3) is 5.91 Å². The lowest BCUT2D eigenvalue weighted by Gasteiger charge is -2.23. The van der Waals surface area contributed by atoms with Gasteiger partial charge in [-0.3, -0.25) is 9.59 Å². The molecule has 1 unspecified atom stereocenters. The minimum absolute atomic E-state index is 0.0189. The van der Waals surface area contributed by atoms with Gasteiger partial charge in [0.2, 0.25) is 5.12 Å². The van der Waals surface area contributed by atoms with Crippen LogP contribution < -0.4 is 5.32 Å². The van der Waals surface area contributed by atoms with Crippen molar-refractivity contribution in [2.45, 2.75) is 38.9 Å². The molecule has 0 aliphatic carbocycles. The Morgan fingerprint density at radius 1 is 1.52 bits per heavy atom. The third kappa shape index (κ3) is 4.49. The molecule has 0 saturated carbocycles. The molecule has 1 aliphatic rings. The van der Waals surface area contributed by atoms with Gasteiger partial charge in [-0.2, -0.15) is 0 Å². The number of ether oxygens (including phenoxy) is 1. The van der Waals surface area contributed by atoms with Gasteiger partial charge in [0.1, 0.15) is 5.76 Å². The zero-order valence-corrected chi connectivity index (χ0v) is 13.9. The molecule has 4 nitrogen and oxygen atoms in total. The summed E-state index contributed by atoms with van der Waals surface area (Å²) < 4.78 is 5.07. The third-order valence-electron chi connectivity index (χ3n) is 3.15. The molecule has 1 rings (SSSR count). The number of amides is 1. The van der Waals surface area contributed by atoms with E-state index in [2.05, 4.69) is 11.9 Å². The van der Waals surface area contributed by atoms with E-state index in [0.29, 0.717) is 17.9 Å². The van der Waals surface area contributed by atoms with Crippen molar-refractivity contribution in [1.82, 2.24) is 5.32 Å². The normalized spacial score (nSPS) is 22.5. The Morgan fingerprint density at radius 3 is 2.76 bits per heavy atom. The lowest BCUT2D eigenvalue weighted by Crippen LogP contribution is -2.30. The van der Waals surface area contributed by atoms with Crippen molar-refractivity contribution in [1.29, 1.82) is 0 Å². The lowest BCUT2D eigenvalue weighted by atomic mass is 10.0. The third-order valence-corrected chi connectivity index (χ3v) is 4.37. The maximum absolute atomic E-state index is 12.0. The second-order valence-electron chi connectivity index (χ2n) is 5.18. The molecule has 0 radical (unpaired) electrons. The van der Waals surface area contributed by atoms with Crippen LogP contribution in [0.3, 0.4) is 0 Å². The summed E-state index contributed by atoms with van der Waals surface area (Å²) in [5, 5.41) is 2.73. The van der Waals surface area contributed by atoms with Crippen molar-refractivity contribution < 1.29 is 14.3 Å². The zero-order valence-electron chi connectivity index (χ0n) is 13.1. The standard InChI is InChI=1S/C16H23NO3S/c1-6-8-17-13(18)10-20-14-12(4)15(19)21-16(14,5)9-11(3)7-2/h7,9H,2,6,8,10H2,1,3-5H3,(H,17,18)/b11-9+. The van der Waals surface area contributed by atoms with E-state index in [1.807, 2.05) is 26.8 Å². The molecule has 1 atom stereocenters. The SMILES string of the molecule is C=C/C(C)=C/C1(C)SC(=O)C(C)=C1OCC(=O)NCCC. The summed E-state index contributed by atoms with van der Waals surface area (Å²) >= 11 is 1.20. The Kier molecular flexibility index (Phi) is 6.27. The van der Waals surface area contributed by atoms with Crippen molar-refractivity contribution in [3.05, 3.63) is 35.6 Å². The highest BCUT2D eigenvalue weighted by Gasteiger charge is 2.41. The monoisotopic (exact) mass is 309 g/mol. The maximum Gasteiger partial charge on any atom is 0.257 e. The lowest BCUT2D eigenvalue weighted by molar-refractivity contribution is -0.124. The molecule has 0 spiro atoms. The number of hydrogen-bond acceptors (Lipinski definition) is 4. The predicted molar refractivity (Wildman–Crippen MR) is 86.9 cm³/mol. The smallest absolute Gasteiger partial charge is 0.257 e. The molecule has 0 saturated heterocycles. The Bertz CT molecular complexity index is 508. The zero-order chi connectivity index (χ0) is 16.0. The molecule has 1 heterocycles. The summed E-state index contributed by atoms with van der Waals surface area (Å²) in [4.78, 5) is 23.6. The van der Waals surface area contributed by atoms with Crippen LogP contribution in [0.5, 0.6) is 0 Å². The van der Waals surface area contributed by atoms with E-state index >= 15 is 0 Å². The molecule has 1 N–H and O–H groups in total. The van der Waals surface area contributed by atoms with Gasteiger partial charge in [-0.05, 0) is 27.2 Å². The number of allylic oxidation sites excluding steroid dienone is 2. The number of carbonyl (C=O) groups excluding carboxylic acids is 2. The molecule has 0 fully saturated rings. The Labute approximate surface area is 130 Å². The average molecular weight is 309 g/mol. The second kappa shape index (κ2) is 7.50. The summed E-state index contributed by atoms with van der Waals surface area (Å²) in [7, 11) is 0. The van der Waals surface area contributed by atoms with E-state index in [4.69, 9.17) is 4.74 Å². The molecule has 1 amide bonds. The van der Waals surface area contributed by atoms with Gasteiger partial charge in [-0.1, -0.05) is 43.0 Å². The van der Waals surface area contributed by atoms with E-state index in [-0.39, 0.29) is 17.6 Å². The fourth-order valence-corrected chi connectivity index (χ4v) is 3.25. The van der Waals surface area contributed by atoms with Gasteiger partial charge in [0, 0.05) is 12.1 Å². The quantitative estimate of drug-likeness (QED) is 0.735. The summed E-state index contributed by atoms with van der Waals surface area (Å²) in [5.74, 6) is 0.388. The van der Waals surface area contributed by atoms with E-state index in [1.165, 1.54) is 11.8 Å². The number of nitrogens with one attached hydrogen (secondary N) is 1. The van der Waals surface area contributed by atoms with E-state index in [9.17, 15) is 9.59 Å². The second-order valence-corrected chi connectivity index (χ2v) is 6.60. The first-order chi connectivity index (χ1) is 9.84. The Hall–Kier alpha value is -1.49. The van der Waals surface area contributed by atoms with Crippen LogP contribution in [0.4, 0.5) is 0 Å². The van der Waals surface area contributed by atoms with Gasteiger partial charge in [-0.25, -0.2) is 0 Å². The number of rotatable bonds is 7. The van der Waals surface area contributed by atoms with Crippen LogP contribution in [0.2, 0.25) is 0 Å². The highest BCUT2D eigenvalue weighted by Crippen LogP contribution is 2.45. The molecular formula is C16H23NO3S. The first-order valence-electron chi connectivity index (χ1n) is 7.00. The molecule has 5 heteroatoms. The minimum Gasteiger partial charge on any atom is -0.486 e. The predicted octanol–water partition coefficient (Wildman–Crippen LogP) is 2.97. The first-order valence-corrected chi connectivity index (χ1v) is 7.81. The van der Waals surface area contributed by atoms with Gasteiger partial charge in [0.15, 0.2) is 6.61 Å². The fraction of sp³-hybridized carbons (Fsp3) is 0.500. The average Bonchev–Trinajstić information content (AvgIpc) is 2.64. The van der Waals surface area contributed by atoms with Gasteiger partial charge in [0.05, 0.1) is 4.75 Å². The van der Waals surface area contributed by atoms with Crippen LogP contribution in [0.1, 0.15) is 34.1 Å². The van der Waals surface area contributed by atoms with Crippen LogP contribution in [-0.2, 0) is 14.3 Å². The Balaban J connectivity index is 2.87.